The van der Waals surface area contributed by atoms with Crippen LogP contribution in [-0.2, 0) is 23.6 Å². The Morgan fingerprint density at radius 2 is 2.10 bits per heavy atom. The predicted octanol–water partition coefficient (Wildman–Crippen LogP) is 3.04. The van der Waals surface area contributed by atoms with Gasteiger partial charge in [-0.25, -0.2) is 4.79 Å². The van der Waals surface area contributed by atoms with E-state index >= 15 is 0 Å². The summed E-state index contributed by atoms with van der Waals surface area (Å²) in [6, 6.07) is 4.29. The molecule has 1 heterocycles. The second-order valence-electron chi connectivity index (χ2n) is 4.42. The molecule has 1 aromatic heterocycles. The maximum absolute atomic E-state index is 12.4. The van der Waals surface area contributed by atoms with Crippen LogP contribution in [0.2, 0.25) is 10.2 Å². The second-order valence-corrected chi connectivity index (χ2v) is 6.63. The van der Waals surface area contributed by atoms with Gasteiger partial charge in [-0.05, 0) is 25.1 Å². The lowest BCUT2D eigenvalue weighted by atomic mass is 10.2. The largest absolute Gasteiger partial charge is 0.478 e. The number of halogens is 2. The van der Waals surface area contributed by atoms with E-state index in [9.17, 15) is 9.00 Å². The molecular formula is C13H12Cl2N2O3S. The zero-order valence-corrected chi connectivity index (χ0v) is 13.6. The zero-order chi connectivity index (χ0) is 15.7. The third kappa shape index (κ3) is 3.28. The summed E-state index contributed by atoms with van der Waals surface area (Å²) in [4.78, 5) is 11.4. The van der Waals surface area contributed by atoms with Gasteiger partial charge in [-0.3, -0.25) is 8.89 Å². The Balaban J connectivity index is 2.33. The van der Waals surface area contributed by atoms with Gasteiger partial charge < -0.3 is 5.11 Å². The number of carbonyl (C=O) groups is 1. The van der Waals surface area contributed by atoms with Gasteiger partial charge in [0.15, 0.2) is 0 Å². The van der Waals surface area contributed by atoms with Crippen molar-refractivity contribution in [2.75, 3.05) is 0 Å². The molecule has 8 heteroatoms. The molecule has 112 valence electrons. The average Bonchev–Trinajstić information content (AvgIpc) is 2.65. The van der Waals surface area contributed by atoms with Crippen LogP contribution in [0.15, 0.2) is 23.1 Å². The van der Waals surface area contributed by atoms with Gasteiger partial charge in [0.25, 0.3) is 0 Å². The molecule has 5 nitrogen and oxygen atoms in total. The third-order valence-electron chi connectivity index (χ3n) is 2.98. The lowest BCUT2D eigenvalue weighted by molar-refractivity contribution is 0.0697. The summed E-state index contributed by atoms with van der Waals surface area (Å²) in [6.45, 7) is 1.78. The van der Waals surface area contributed by atoms with E-state index in [1.807, 2.05) is 0 Å². The van der Waals surface area contributed by atoms with Crippen molar-refractivity contribution in [1.29, 1.82) is 0 Å². The minimum atomic E-state index is -1.44. The van der Waals surface area contributed by atoms with Crippen LogP contribution in [0.3, 0.4) is 0 Å². The van der Waals surface area contributed by atoms with Gasteiger partial charge in [0.2, 0.25) is 0 Å². The third-order valence-corrected chi connectivity index (χ3v) is 5.11. The van der Waals surface area contributed by atoms with Gasteiger partial charge in [0.1, 0.15) is 5.15 Å². The van der Waals surface area contributed by atoms with Crippen molar-refractivity contribution >= 4 is 40.0 Å². The fourth-order valence-electron chi connectivity index (χ4n) is 1.86. The molecule has 1 atom stereocenters. The fraction of sp³-hybridized carbons (Fsp3) is 0.231. The summed E-state index contributed by atoms with van der Waals surface area (Å²) in [5.41, 5.74) is 1.31. The van der Waals surface area contributed by atoms with Gasteiger partial charge in [-0.2, -0.15) is 5.10 Å². The maximum Gasteiger partial charge on any atom is 0.337 e. The molecule has 1 unspecified atom stereocenters. The van der Waals surface area contributed by atoms with E-state index in [2.05, 4.69) is 5.10 Å². The number of aromatic nitrogens is 2. The van der Waals surface area contributed by atoms with Gasteiger partial charge in [-0.1, -0.05) is 23.2 Å². The van der Waals surface area contributed by atoms with Gasteiger partial charge in [0.05, 0.1) is 32.8 Å². The Kier molecular flexibility index (Phi) is 4.70. The summed E-state index contributed by atoms with van der Waals surface area (Å²) in [5.74, 6) is -0.992. The number of carboxylic acid groups (broad SMARTS) is 1. The van der Waals surface area contributed by atoms with Crippen molar-refractivity contribution in [3.63, 3.8) is 0 Å². The van der Waals surface area contributed by atoms with Gasteiger partial charge in [-0.15, -0.1) is 0 Å². The molecule has 0 amide bonds. The van der Waals surface area contributed by atoms with Crippen molar-refractivity contribution in [3.8, 4) is 0 Å². The molecule has 21 heavy (non-hydrogen) atoms. The monoisotopic (exact) mass is 346 g/mol. The van der Waals surface area contributed by atoms with Crippen molar-refractivity contribution in [3.05, 3.63) is 45.2 Å². The summed E-state index contributed by atoms with van der Waals surface area (Å²) in [5, 5.41) is 13.7. The van der Waals surface area contributed by atoms with E-state index in [0.717, 1.165) is 0 Å². The molecule has 1 N–H and O–H groups in total. The Bertz CT molecular complexity index is 743. The lowest BCUT2D eigenvalue weighted by Gasteiger charge is -2.05. The van der Waals surface area contributed by atoms with Crippen LogP contribution in [0.4, 0.5) is 0 Å². The maximum atomic E-state index is 12.4. The minimum absolute atomic E-state index is 0.0727. The average molecular weight is 347 g/mol. The molecule has 0 fully saturated rings. The van der Waals surface area contributed by atoms with E-state index in [1.54, 1.807) is 20.0 Å². The first-order valence-corrected chi connectivity index (χ1v) is 7.98. The van der Waals surface area contributed by atoms with Crippen LogP contribution < -0.4 is 0 Å². The first-order chi connectivity index (χ1) is 9.81. The summed E-state index contributed by atoms with van der Waals surface area (Å²) >= 11 is 11.9. The number of aromatic carboxylic acids is 1. The molecule has 0 bridgehead atoms. The first kappa shape index (κ1) is 16.0. The molecule has 0 aliphatic rings. The SMILES string of the molecule is Cc1nn(C)c(Cl)c1CS(=O)c1ccc(Cl)c(C(=O)O)c1. The molecule has 0 radical (unpaired) electrons. The van der Waals surface area contributed by atoms with Crippen LogP contribution in [-0.4, -0.2) is 25.1 Å². The number of nitrogens with zero attached hydrogens (tertiary/aromatic N) is 2. The summed E-state index contributed by atoms with van der Waals surface area (Å²) < 4.78 is 13.9. The van der Waals surface area contributed by atoms with Crippen molar-refractivity contribution in [2.45, 2.75) is 17.6 Å². The van der Waals surface area contributed by atoms with E-state index < -0.39 is 16.8 Å². The normalized spacial score (nSPS) is 12.4. The molecular weight excluding hydrogens is 335 g/mol. The highest BCUT2D eigenvalue weighted by molar-refractivity contribution is 7.84. The smallest absolute Gasteiger partial charge is 0.337 e. The van der Waals surface area contributed by atoms with E-state index in [1.165, 1.54) is 16.8 Å². The van der Waals surface area contributed by atoms with Crippen LogP contribution >= 0.6 is 23.2 Å². The van der Waals surface area contributed by atoms with Crippen molar-refractivity contribution < 1.29 is 14.1 Å². The van der Waals surface area contributed by atoms with Crippen LogP contribution in [0.25, 0.3) is 0 Å². The molecule has 2 rings (SSSR count). The second kappa shape index (κ2) is 6.17. The molecule has 0 aliphatic heterocycles. The Labute approximate surface area is 133 Å². The molecule has 0 spiro atoms. The standard InChI is InChI=1S/C13H12Cl2N2O3S/c1-7-10(12(15)17(2)16-7)6-21(20)8-3-4-11(14)9(5-8)13(18)19/h3-5H,6H2,1-2H3,(H,18,19). The molecule has 2 aromatic rings. The molecule has 0 saturated heterocycles. The number of hydrogen-bond donors (Lipinski definition) is 1. The molecule has 0 saturated carbocycles. The Morgan fingerprint density at radius 3 is 2.62 bits per heavy atom. The van der Waals surface area contributed by atoms with Crippen LogP contribution in [0.5, 0.6) is 0 Å². The number of carboxylic acids is 1. The quantitative estimate of drug-likeness (QED) is 0.923. The first-order valence-electron chi connectivity index (χ1n) is 5.90. The topological polar surface area (TPSA) is 72.2 Å². The highest BCUT2D eigenvalue weighted by Crippen LogP contribution is 2.25. The Hall–Kier alpha value is -1.37. The van der Waals surface area contributed by atoms with E-state index in [0.29, 0.717) is 21.3 Å². The number of aryl methyl sites for hydroxylation is 2. The van der Waals surface area contributed by atoms with Crippen molar-refractivity contribution in [2.24, 2.45) is 7.05 Å². The minimum Gasteiger partial charge on any atom is -0.478 e. The van der Waals surface area contributed by atoms with Crippen molar-refractivity contribution in [1.82, 2.24) is 9.78 Å². The lowest BCUT2D eigenvalue weighted by Crippen LogP contribution is -2.02. The summed E-state index contributed by atoms with van der Waals surface area (Å²) in [7, 11) is 0.265. The van der Waals surface area contributed by atoms with E-state index in [4.69, 9.17) is 28.3 Å². The Morgan fingerprint density at radius 1 is 1.43 bits per heavy atom. The van der Waals surface area contributed by atoms with Gasteiger partial charge >= 0.3 is 5.97 Å². The highest BCUT2D eigenvalue weighted by atomic mass is 35.5. The molecule has 0 aliphatic carbocycles. The molecule has 1 aromatic carbocycles. The van der Waals surface area contributed by atoms with E-state index in [-0.39, 0.29) is 16.3 Å². The van der Waals surface area contributed by atoms with Gasteiger partial charge in [0, 0.05) is 17.5 Å². The fourth-order valence-corrected chi connectivity index (χ4v) is 3.62. The van der Waals surface area contributed by atoms with Crippen LogP contribution in [0, 0.1) is 6.92 Å². The van der Waals surface area contributed by atoms with Crippen LogP contribution in [0.1, 0.15) is 21.6 Å². The number of rotatable bonds is 4. The summed E-state index contributed by atoms with van der Waals surface area (Å²) in [6.07, 6.45) is 0. The number of benzene rings is 1. The number of hydrogen-bond acceptors (Lipinski definition) is 3. The highest BCUT2D eigenvalue weighted by Gasteiger charge is 2.17. The predicted molar refractivity (Wildman–Crippen MR) is 81.5 cm³/mol. The zero-order valence-electron chi connectivity index (χ0n) is 11.3.